The van der Waals surface area contributed by atoms with Gasteiger partial charge in [-0.25, -0.2) is 8.42 Å². The first-order valence-electron chi connectivity index (χ1n) is 8.91. The lowest BCUT2D eigenvalue weighted by atomic mass is 10.2. The van der Waals surface area contributed by atoms with Crippen LogP contribution >= 0.6 is 11.6 Å². The molecule has 0 aliphatic heterocycles. The van der Waals surface area contributed by atoms with Crippen LogP contribution in [0.5, 0.6) is 0 Å². The van der Waals surface area contributed by atoms with Crippen LogP contribution in [0.15, 0.2) is 47.4 Å². The van der Waals surface area contributed by atoms with Crippen molar-refractivity contribution in [1.29, 1.82) is 0 Å². The number of hydrogen-bond donors (Lipinski definition) is 2. The first-order chi connectivity index (χ1) is 13.2. The highest BCUT2D eigenvalue weighted by Gasteiger charge is 2.13. The van der Waals surface area contributed by atoms with E-state index < -0.39 is 15.7 Å². The highest BCUT2D eigenvalue weighted by molar-refractivity contribution is 7.90. The number of amides is 2. The van der Waals surface area contributed by atoms with Gasteiger partial charge in [-0.2, -0.15) is 0 Å². The van der Waals surface area contributed by atoms with Gasteiger partial charge in [0.2, 0.25) is 5.91 Å². The number of sulfone groups is 1. The van der Waals surface area contributed by atoms with Gasteiger partial charge in [-0.1, -0.05) is 37.4 Å². The van der Waals surface area contributed by atoms with Crippen molar-refractivity contribution in [2.24, 2.45) is 0 Å². The molecule has 0 fully saturated rings. The fraction of sp³-hybridized carbons (Fsp3) is 0.300. The Morgan fingerprint density at radius 1 is 1.04 bits per heavy atom. The molecule has 0 aliphatic rings. The summed E-state index contributed by atoms with van der Waals surface area (Å²) in [7, 11) is -3.41. The molecule has 0 atom stereocenters. The van der Waals surface area contributed by atoms with Gasteiger partial charge in [0, 0.05) is 23.9 Å². The molecule has 0 spiro atoms. The molecule has 0 saturated carbocycles. The number of rotatable bonds is 8. The quantitative estimate of drug-likeness (QED) is 0.612. The molecule has 0 saturated heterocycles. The van der Waals surface area contributed by atoms with Crippen molar-refractivity contribution >= 4 is 44.6 Å². The minimum Gasteiger partial charge on any atom is -0.326 e. The maximum Gasteiger partial charge on any atom is 0.255 e. The van der Waals surface area contributed by atoms with Gasteiger partial charge in [0.15, 0.2) is 9.84 Å². The molecule has 8 heteroatoms. The number of carbonyl (C=O) groups is 2. The van der Waals surface area contributed by atoms with E-state index in [9.17, 15) is 18.0 Å². The van der Waals surface area contributed by atoms with Crippen molar-refractivity contribution in [2.45, 2.75) is 37.5 Å². The third-order valence-corrected chi connectivity index (χ3v) is 5.46. The zero-order valence-electron chi connectivity index (χ0n) is 15.8. The van der Waals surface area contributed by atoms with Crippen molar-refractivity contribution in [3.8, 4) is 0 Å². The average Bonchev–Trinajstić information content (AvgIpc) is 2.63. The molecule has 0 aliphatic carbocycles. The van der Waals surface area contributed by atoms with Crippen molar-refractivity contribution in [1.82, 2.24) is 0 Å². The van der Waals surface area contributed by atoms with Crippen LogP contribution in [0, 0.1) is 0 Å². The summed E-state index contributed by atoms with van der Waals surface area (Å²) in [4.78, 5) is 24.4. The fourth-order valence-corrected chi connectivity index (χ4v) is 3.41. The van der Waals surface area contributed by atoms with Crippen molar-refractivity contribution in [2.75, 3.05) is 16.9 Å². The molecule has 6 nitrogen and oxygen atoms in total. The summed E-state index contributed by atoms with van der Waals surface area (Å²) in [6.07, 6.45) is 4.40. The van der Waals surface area contributed by atoms with E-state index in [-0.39, 0.29) is 21.4 Å². The van der Waals surface area contributed by atoms with Gasteiger partial charge in [-0.05, 0) is 42.8 Å². The van der Waals surface area contributed by atoms with Gasteiger partial charge in [0.25, 0.3) is 5.91 Å². The van der Waals surface area contributed by atoms with E-state index in [0.29, 0.717) is 17.8 Å². The molecule has 0 heterocycles. The summed E-state index contributed by atoms with van der Waals surface area (Å²) in [5.41, 5.74) is 1.11. The van der Waals surface area contributed by atoms with Gasteiger partial charge in [0.1, 0.15) is 0 Å². The third kappa shape index (κ3) is 6.35. The zero-order chi connectivity index (χ0) is 20.7. The molecule has 2 rings (SSSR count). The monoisotopic (exact) mass is 422 g/mol. The average molecular weight is 423 g/mol. The molecule has 150 valence electrons. The second kappa shape index (κ2) is 9.71. The Hall–Kier alpha value is -2.38. The van der Waals surface area contributed by atoms with Crippen molar-refractivity contribution in [3.63, 3.8) is 0 Å². The number of hydrogen-bond acceptors (Lipinski definition) is 4. The topological polar surface area (TPSA) is 92.3 Å². The second-order valence-corrected chi connectivity index (χ2v) is 8.88. The Labute approximate surface area is 170 Å². The van der Waals surface area contributed by atoms with E-state index in [2.05, 4.69) is 17.6 Å². The normalized spacial score (nSPS) is 11.1. The van der Waals surface area contributed by atoms with E-state index in [0.717, 1.165) is 25.5 Å². The highest BCUT2D eigenvalue weighted by Crippen LogP contribution is 2.26. The predicted octanol–water partition coefficient (Wildman–Crippen LogP) is 4.51. The van der Waals surface area contributed by atoms with E-state index in [1.54, 1.807) is 18.2 Å². The largest absolute Gasteiger partial charge is 0.326 e. The van der Waals surface area contributed by atoms with Crippen LogP contribution in [-0.2, 0) is 14.6 Å². The number of benzene rings is 2. The van der Waals surface area contributed by atoms with Crippen LogP contribution in [0.2, 0.25) is 5.02 Å². The molecule has 0 aromatic heterocycles. The number of unbranched alkanes of at least 4 members (excludes halogenated alkanes) is 2. The van der Waals surface area contributed by atoms with Crippen molar-refractivity contribution < 1.29 is 18.0 Å². The van der Waals surface area contributed by atoms with E-state index in [1.807, 2.05) is 0 Å². The van der Waals surface area contributed by atoms with Gasteiger partial charge < -0.3 is 10.6 Å². The van der Waals surface area contributed by atoms with Gasteiger partial charge in [-0.15, -0.1) is 0 Å². The maximum absolute atomic E-state index is 12.4. The Kier molecular flexibility index (Phi) is 7.60. The minimum absolute atomic E-state index is 0.0624. The number of halogens is 1. The molecule has 0 radical (unpaired) electrons. The second-order valence-electron chi connectivity index (χ2n) is 6.45. The van der Waals surface area contributed by atoms with Crippen LogP contribution < -0.4 is 10.6 Å². The van der Waals surface area contributed by atoms with Crippen LogP contribution in [0.25, 0.3) is 0 Å². The highest BCUT2D eigenvalue weighted by atomic mass is 35.5. The Morgan fingerprint density at radius 2 is 1.79 bits per heavy atom. The SMILES string of the molecule is CCCCCC(=O)Nc1ccc(NC(=O)c2cccc(S(C)(=O)=O)c2)c(Cl)c1. The molecule has 2 aromatic carbocycles. The standard InChI is InChI=1S/C20H23ClN2O4S/c1-3-4-5-9-19(24)22-15-10-11-18(17(21)13-15)23-20(25)14-7-6-8-16(12-14)28(2,26)27/h6-8,10-13H,3-5,9H2,1-2H3,(H,22,24)(H,23,25). The molecular formula is C20H23ClN2O4S. The smallest absolute Gasteiger partial charge is 0.255 e. The predicted molar refractivity (Wildman–Crippen MR) is 112 cm³/mol. The Bertz CT molecular complexity index is 974. The summed E-state index contributed by atoms with van der Waals surface area (Å²) in [5.74, 6) is -0.567. The lowest BCUT2D eigenvalue weighted by Gasteiger charge is -2.11. The minimum atomic E-state index is -3.41. The van der Waals surface area contributed by atoms with E-state index in [4.69, 9.17) is 11.6 Å². The molecule has 0 bridgehead atoms. The Morgan fingerprint density at radius 3 is 2.43 bits per heavy atom. The third-order valence-electron chi connectivity index (χ3n) is 4.03. The lowest BCUT2D eigenvalue weighted by molar-refractivity contribution is -0.116. The zero-order valence-corrected chi connectivity index (χ0v) is 17.4. The first-order valence-corrected chi connectivity index (χ1v) is 11.2. The van der Waals surface area contributed by atoms with Crippen LogP contribution in [-0.4, -0.2) is 26.5 Å². The Balaban J connectivity index is 2.07. The van der Waals surface area contributed by atoms with Gasteiger partial charge in [0.05, 0.1) is 15.6 Å². The summed E-state index contributed by atoms with van der Waals surface area (Å²) in [5, 5.41) is 5.69. The number of anilines is 2. The summed E-state index contributed by atoms with van der Waals surface area (Å²) in [6.45, 7) is 2.07. The molecule has 2 aromatic rings. The van der Waals surface area contributed by atoms with Gasteiger partial charge in [-0.3, -0.25) is 9.59 Å². The summed E-state index contributed by atoms with van der Waals surface area (Å²) >= 11 is 6.21. The van der Waals surface area contributed by atoms with E-state index in [1.165, 1.54) is 24.3 Å². The van der Waals surface area contributed by atoms with Crippen LogP contribution in [0.4, 0.5) is 11.4 Å². The molecular weight excluding hydrogens is 400 g/mol. The van der Waals surface area contributed by atoms with Crippen LogP contribution in [0.1, 0.15) is 43.0 Å². The maximum atomic E-state index is 12.4. The molecule has 2 amide bonds. The van der Waals surface area contributed by atoms with Gasteiger partial charge >= 0.3 is 0 Å². The summed E-state index contributed by atoms with van der Waals surface area (Å²) < 4.78 is 23.3. The molecule has 28 heavy (non-hydrogen) atoms. The molecule has 0 unspecified atom stereocenters. The van der Waals surface area contributed by atoms with E-state index >= 15 is 0 Å². The lowest BCUT2D eigenvalue weighted by Crippen LogP contribution is -2.14. The fourth-order valence-electron chi connectivity index (χ4n) is 2.52. The first kappa shape index (κ1) is 21.9. The molecule has 2 N–H and O–H groups in total. The number of carbonyl (C=O) groups excluding carboxylic acids is 2. The van der Waals surface area contributed by atoms with Crippen LogP contribution in [0.3, 0.4) is 0 Å². The number of nitrogens with one attached hydrogen (secondary N) is 2. The summed E-state index contributed by atoms with van der Waals surface area (Å²) in [6, 6.07) is 10.5. The van der Waals surface area contributed by atoms with Crippen molar-refractivity contribution in [3.05, 3.63) is 53.1 Å².